The molecular formula is C18H14FN3O4. The number of barbiturate groups is 1. The molecule has 0 unspecified atom stereocenters. The highest BCUT2D eigenvalue weighted by molar-refractivity contribution is 6.32. The van der Waals surface area contributed by atoms with E-state index in [1.165, 1.54) is 25.3 Å². The topological polar surface area (TPSA) is 88.1 Å². The predicted molar refractivity (Wildman–Crippen MR) is 92.1 cm³/mol. The van der Waals surface area contributed by atoms with Gasteiger partial charge in [0.2, 0.25) is 5.91 Å². The summed E-state index contributed by atoms with van der Waals surface area (Å²) in [5, 5.41) is 2.04. The Labute approximate surface area is 148 Å². The predicted octanol–water partition coefficient (Wildman–Crippen LogP) is 2.44. The SMILES string of the molecule is COc1ccccc1N=C[C@H]1C(=O)NC(=O)N(c2ccccc2F)C1=O. The molecule has 2 aromatic carbocycles. The number of methoxy groups -OCH3 is 1. The van der Waals surface area contributed by atoms with Crippen molar-refractivity contribution in [2.45, 2.75) is 0 Å². The highest BCUT2D eigenvalue weighted by Crippen LogP contribution is 2.27. The van der Waals surface area contributed by atoms with Crippen LogP contribution in [0.4, 0.5) is 20.6 Å². The molecule has 0 saturated carbocycles. The normalized spacial score (nSPS) is 17.5. The van der Waals surface area contributed by atoms with Gasteiger partial charge in [0, 0.05) is 6.21 Å². The molecular weight excluding hydrogens is 341 g/mol. The van der Waals surface area contributed by atoms with E-state index in [4.69, 9.17) is 4.74 Å². The third kappa shape index (κ3) is 3.16. The number of rotatable bonds is 4. The third-order valence-corrected chi connectivity index (χ3v) is 3.74. The van der Waals surface area contributed by atoms with Crippen molar-refractivity contribution in [2.24, 2.45) is 10.9 Å². The first-order valence-corrected chi connectivity index (χ1v) is 7.63. The van der Waals surface area contributed by atoms with Crippen LogP contribution in [0.25, 0.3) is 0 Å². The van der Waals surface area contributed by atoms with Crippen LogP contribution in [-0.2, 0) is 9.59 Å². The van der Waals surface area contributed by atoms with Gasteiger partial charge in [0.15, 0.2) is 5.92 Å². The molecule has 1 fully saturated rings. The summed E-state index contributed by atoms with van der Waals surface area (Å²) in [4.78, 5) is 41.4. The molecule has 0 bridgehead atoms. The Morgan fingerprint density at radius 3 is 2.54 bits per heavy atom. The number of ether oxygens (including phenoxy) is 1. The van der Waals surface area contributed by atoms with E-state index in [9.17, 15) is 18.8 Å². The molecule has 0 spiro atoms. The van der Waals surface area contributed by atoms with Gasteiger partial charge in [-0.2, -0.15) is 0 Å². The van der Waals surface area contributed by atoms with Crippen LogP contribution in [0, 0.1) is 11.7 Å². The van der Waals surface area contributed by atoms with Gasteiger partial charge in [-0.15, -0.1) is 0 Å². The maximum atomic E-state index is 14.0. The molecule has 1 N–H and O–H groups in total. The van der Waals surface area contributed by atoms with Gasteiger partial charge in [0.1, 0.15) is 17.3 Å². The van der Waals surface area contributed by atoms with Crippen molar-refractivity contribution in [2.75, 3.05) is 12.0 Å². The van der Waals surface area contributed by atoms with Gasteiger partial charge in [0.05, 0.1) is 12.8 Å². The Balaban J connectivity index is 1.93. The van der Waals surface area contributed by atoms with Gasteiger partial charge in [-0.3, -0.25) is 19.9 Å². The molecule has 132 valence electrons. The van der Waals surface area contributed by atoms with E-state index in [1.807, 2.05) is 5.32 Å². The van der Waals surface area contributed by atoms with E-state index < -0.39 is 29.6 Å². The maximum absolute atomic E-state index is 14.0. The van der Waals surface area contributed by atoms with Crippen LogP contribution in [0.15, 0.2) is 53.5 Å². The summed E-state index contributed by atoms with van der Waals surface area (Å²) >= 11 is 0. The van der Waals surface area contributed by atoms with Crippen molar-refractivity contribution in [3.63, 3.8) is 0 Å². The smallest absolute Gasteiger partial charge is 0.335 e. The van der Waals surface area contributed by atoms with Crippen LogP contribution in [0.2, 0.25) is 0 Å². The van der Waals surface area contributed by atoms with Gasteiger partial charge in [0.25, 0.3) is 5.91 Å². The maximum Gasteiger partial charge on any atom is 0.335 e. The zero-order valence-corrected chi connectivity index (χ0v) is 13.7. The average Bonchev–Trinajstić information content (AvgIpc) is 2.63. The number of amides is 4. The molecule has 4 amide bonds. The van der Waals surface area contributed by atoms with Crippen LogP contribution in [0.5, 0.6) is 5.75 Å². The third-order valence-electron chi connectivity index (χ3n) is 3.74. The van der Waals surface area contributed by atoms with Crippen LogP contribution < -0.4 is 15.0 Å². The van der Waals surface area contributed by atoms with E-state index in [2.05, 4.69) is 4.99 Å². The number of benzene rings is 2. The minimum atomic E-state index is -1.38. The Hall–Kier alpha value is -3.55. The molecule has 2 aromatic rings. The molecule has 1 heterocycles. The first-order valence-electron chi connectivity index (χ1n) is 7.63. The summed E-state index contributed by atoms with van der Waals surface area (Å²) < 4.78 is 19.1. The Bertz CT molecular complexity index is 913. The number of nitrogens with one attached hydrogen (secondary N) is 1. The molecule has 0 aromatic heterocycles. The van der Waals surface area contributed by atoms with Crippen LogP contribution >= 0.6 is 0 Å². The molecule has 3 rings (SSSR count). The van der Waals surface area contributed by atoms with Crippen molar-refractivity contribution in [3.8, 4) is 5.75 Å². The number of hydrogen-bond acceptors (Lipinski definition) is 5. The highest BCUT2D eigenvalue weighted by atomic mass is 19.1. The lowest BCUT2D eigenvalue weighted by Gasteiger charge is -2.28. The van der Waals surface area contributed by atoms with Crippen molar-refractivity contribution < 1.29 is 23.5 Å². The summed E-state index contributed by atoms with van der Waals surface area (Å²) in [5.41, 5.74) is 0.170. The van der Waals surface area contributed by atoms with E-state index in [-0.39, 0.29) is 5.69 Å². The molecule has 8 heteroatoms. The minimum absolute atomic E-state index is 0.238. The molecule has 1 saturated heterocycles. The number of carbonyl (C=O) groups excluding carboxylic acids is 3. The molecule has 1 aliphatic heterocycles. The average molecular weight is 355 g/mol. The Morgan fingerprint density at radius 2 is 1.81 bits per heavy atom. The first kappa shape index (κ1) is 17.3. The molecule has 26 heavy (non-hydrogen) atoms. The second kappa shape index (κ2) is 7.14. The van der Waals surface area contributed by atoms with Crippen molar-refractivity contribution in [3.05, 3.63) is 54.3 Å². The Morgan fingerprint density at radius 1 is 1.12 bits per heavy atom. The monoisotopic (exact) mass is 355 g/mol. The lowest BCUT2D eigenvalue weighted by molar-refractivity contribution is -0.131. The number of carbonyl (C=O) groups is 3. The zero-order valence-electron chi connectivity index (χ0n) is 13.7. The second-order valence-electron chi connectivity index (χ2n) is 5.35. The fourth-order valence-electron chi connectivity index (χ4n) is 2.47. The fraction of sp³-hybridized carbons (Fsp3) is 0.111. The summed E-state index contributed by atoms with van der Waals surface area (Å²) in [6.07, 6.45) is 1.11. The van der Waals surface area contributed by atoms with E-state index >= 15 is 0 Å². The first-order chi connectivity index (χ1) is 12.5. The fourth-order valence-corrected chi connectivity index (χ4v) is 2.47. The number of hydrogen-bond donors (Lipinski definition) is 1. The van der Waals surface area contributed by atoms with Gasteiger partial charge in [-0.05, 0) is 24.3 Å². The van der Waals surface area contributed by atoms with Gasteiger partial charge >= 0.3 is 6.03 Å². The number of nitrogens with zero attached hydrogens (tertiary/aromatic N) is 2. The number of aliphatic imine (C=N–C) groups is 1. The van der Waals surface area contributed by atoms with Crippen LogP contribution in [0.1, 0.15) is 0 Å². The molecule has 7 nitrogen and oxygen atoms in total. The van der Waals surface area contributed by atoms with E-state index in [1.54, 1.807) is 24.3 Å². The summed E-state index contributed by atoms with van der Waals surface area (Å²) in [7, 11) is 1.46. The van der Waals surface area contributed by atoms with Crippen LogP contribution in [0.3, 0.4) is 0 Å². The quantitative estimate of drug-likeness (QED) is 0.674. The van der Waals surface area contributed by atoms with E-state index in [0.29, 0.717) is 16.3 Å². The summed E-state index contributed by atoms with van der Waals surface area (Å²) in [6.45, 7) is 0. The number of urea groups is 1. The summed E-state index contributed by atoms with van der Waals surface area (Å²) in [5.74, 6) is -3.40. The summed E-state index contributed by atoms with van der Waals surface area (Å²) in [6, 6.07) is 11.1. The zero-order chi connectivity index (χ0) is 18.7. The lowest BCUT2D eigenvalue weighted by Crippen LogP contribution is -2.58. The largest absolute Gasteiger partial charge is 0.494 e. The Kier molecular flexibility index (Phi) is 4.74. The molecule has 1 atom stereocenters. The van der Waals surface area contributed by atoms with Crippen molar-refractivity contribution in [1.82, 2.24) is 5.32 Å². The van der Waals surface area contributed by atoms with Gasteiger partial charge in [-0.1, -0.05) is 24.3 Å². The van der Waals surface area contributed by atoms with E-state index in [0.717, 1.165) is 12.3 Å². The number of halogens is 1. The second-order valence-corrected chi connectivity index (χ2v) is 5.35. The highest BCUT2D eigenvalue weighted by Gasteiger charge is 2.41. The van der Waals surface area contributed by atoms with Crippen molar-refractivity contribution >= 4 is 35.4 Å². The van der Waals surface area contributed by atoms with Crippen molar-refractivity contribution in [1.29, 1.82) is 0 Å². The number of imide groups is 2. The minimum Gasteiger partial charge on any atom is -0.494 e. The van der Waals surface area contributed by atoms with Gasteiger partial charge < -0.3 is 4.74 Å². The molecule has 1 aliphatic rings. The number of anilines is 1. The number of para-hydroxylation sites is 3. The lowest BCUT2D eigenvalue weighted by atomic mass is 10.1. The standard InChI is InChI=1S/C18H14FN3O4/c1-26-15-9-5-3-7-13(15)20-10-11-16(23)21-18(25)22(17(11)24)14-8-4-2-6-12(14)19/h2-11H,1H3,(H,21,23,25)/t11-/m0/s1. The van der Waals surface area contributed by atoms with Gasteiger partial charge in [-0.25, -0.2) is 14.1 Å². The molecule has 0 radical (unpaired) electrons. The molecule has 0 aliphatic carbocycles. The van der Waals surface area contributed by atoms with Crippen LogP contribution in [-0.4, -0.2) is 31.2 Å².